The van der Waals surface area contributed by atoms with Crippen LogP contribution in [0.1, 0.15) is 25.7 Å². The Hall–Kier alpha value is -0.330. The topological polar surface area (TPSA) is 18.5 Å². The van der Waals surface area contributed by atoms with Crippen LogP contribution in [-0.2, 0) is 0 Å². The van der Waals surface area contributed by atoms with E-state index in [1.54, 1.807) is 0 Å². The molecule has 0 bridgehead atoms. The first-order chi connectivity index (χ1) is 9.03. The molecule has 0 amide bonds. The normalized spacial score (nSPS) is 27.0. The molecule has 0 radical (unpaired) electrons. The van der Waals surface area contributed by atoms with E-state index in [9.17, 15) is 13.2 Å². The molecule has 1 N–H and O–H groups in total. The van der Waals surface area contributed by atoms with Gasteiger partial charge in [0, 0.05) is 32.2 Å². The van der Waals surface area contributed by atoms with Crippen LogP contribution >= 0.6 is 0 Å². The second-order valence-corrected chi connectivity index (χ2v) is 5.67. The van der Waals surface area contributed by atoms with Crippen LogP contribution in [0.4, 0.5) is 13.2 Å². The molecule has 2 aliphatic rings. The number of halogens is 3. The molecule has 2 heterocycles. The maximum absolute atomic E-state index is 12.3. The lowest BCUT2D eigenvalue weighted by Crippen LogP contribution is -2.49. The first-order valence-corrected chi connectivity index (χ1v) is 7.28. The minimum absolute atomic E-state index is 0.543. The Morgan fingerprint density at radius 2 is 1.74 bits per heavy atom. The van der Waals surface area contributed by atoms with E-state index < -0.39 is 12.7 Å². The maximum atomic E-state index is 12.3. The number of hydrogen-bond donors (Lipinski definition) is 1. The van der Waals surface area contributed by atoms with E-state index in [1.807, 2.05) is 0 Å². The summed E-state index contributed by atoms with van der Waals surface area (Å²) in [6, 6.07) is 0.673. The lowest BCUT2D eigenvalue weighted by Gasteiger charge is -2.35. The Morgan fingerprint density at radius 3 is 2.32 bits per heavy atom. The Morgan fingerprint density at radius 1 is 1.05 bits per heavy atom. The van der Waals surface area contributed by atoms with E-state index >= 15 is 0 Å². The summed E-state index contributed by atoms with van der Waals surface area (Å²) in [7, 11) is 0. The lowest BCUT2D eigenvalue weighted by molar-refractivity contribution is -0.149. The zero-order valence-electron chi connectivity index (χ0n) is 11.4. The van der Waals surface area contributed by atoms with E-state index in [1.165, 1.54) is 24.2 Å². The van der Waals surface area contributed by atoms with Crippen LogP contribution in [-0.4, -0.2) is 67.8 Å². The average molecular weight is 279 g/mol. The van der Waals surface area contributed by atoms with Gasteiger partial charge >= 0.3 is 6.18 Å². The zero-order chi connectivity index (χ0) is 13.7. The quantitative estimate of drug-likeness (QED) is 0.826. The standard InChI is InChI=1S/C13H24F3N3/c14-13(15,16)11-19-9-7-18(8-10-19)6-2-4-12-3-1-5-17-12/h12,17H,1-11H2. The third-order valence-electron chi connectivity index (χ3n) is 4.06. The summed E-state index contributed by atoms with van der Waals surface area (Å²) in [6.45, 7) is 4.04. The smallest absolute Gasteiger partial charge is 0.314 e. The van der Waals surface area contributed by atoms with Crippen molar-refractivity contribution < 1.29 is 13.2 Å². The minimum atomic E-state index is -4.06. The summed E-state index contributed by atoms with van der Waals surface area (Å²) < 4.78 is 36.8. The molecule has 19 heavy (non-hydrogen) atoms. The lowest BCUT2D eigenvalue weighted by atomic mass is 10.1. The maximum Gasteiger partial charge on any atom is 0.401 e. The molecule has 112 valence electrons. The van der Waals surface area contributed by atoms with Crippen molar-refractivity contribution in [1.82, 2.24) is 15.1 Å². The van der Waals surface area contributed by atoms with Crippen molar-refractivity contribution in [3.8, 4) is 0 Å². The van der Waals surface area contributed by atoms with Gasteiger partial charge in [-0.2, -0.15) is 13.2 Å². The number of nitrogens with zero attached hydrogens (tertiary/aromatic N) is 2. The molecule has 6 heteroatoms. The number of rotatable bonds is 5. The van der Waals surface area contributed by atoms with Gasteiger partial charge in [-0.25, -0.2) is 0 Å². The van der Waals surface area contributed by atoms with Crippen LogP contribution < -0.4 is 5.32 Å². The molecule has 1 atom stereocenters. The molecule has 0 spiro atoms. The number of alkyl halides is 3. The molecule has 2 aliphatic heterocycles. The Kier molecular flexibility index (Phi) is 5.47. The molecule has 3 nitrogen and oxygen atoms in total. The van der Waals surface area contributed by atoms with Gasteiger partial charge in [0.25, 0.3) is 0 Å². The highest BCUT2D eigenvalue weighted by molar-refractivity contribution is 4.77. The van der Waals surface area contributed by atoms with Gasteiger partial charge in [-0.3, -0.25) is 4.90 Å². The van der Waals surface area contributed by atoms with Crippen LogP contribution in [0.5, 0.6) is 0 Å². The monoisotopic (exact) mass is 279 g/mol. The largest absolute Gasteiger partial charge is 0.401 e. The average Bonchev–Trinajstić information content (AvgIpc) is 2.82. The van der Waals surface area contributed by atoms with Crippen LogP contribution in [0.2, 0.25) is 0 Å². The highest BCUT2D eigenvalue weighted by Gasteiger charge is 2.32. The zero-order valence-corrected chi connectivity index (χ0v) is 11.4. The first kappa shape index (κ1) is 15.1. The van der Waals surface area contributed by atoms with Crippen LogP contribution in [0, 0.1) is 0 Å². The fourth-order valence-corrected chi connectivity index (χ4v) is 2.99. The van der Waals surface area contributed by atoms with Gasteiger partial charge in [-0.1, -0.05) is 0 Å². The van der Waals surface area contributed by atoms with Gasteiger partial charge in [0.1, 0.15) is 0 Å². The molecule has 0 aromatic carbocycles. The Bertz CT molecular complexity index is 256. The van der Waals surface area contributed by atoms with Crippen molar-refractivity contribution >= 4 is 0 Å². The molecular weight excluding hydrogens is 255 g/mol. The number of nitrogens with one attached hydrogen (secondary N) is 1. The Labute approximate surface area is 113 Å². The second kappa shape index (κ2) is 6.90. The summed E-state index contributed by atoms with van der Waals surface area (Å²) in [5.41, 5.74) is 0. The molecule has 0 aromatic rings. The molecule has 1 unspecified atom stereocenters. The Balaban J connectivity index is 1.55. The molecule has 0 aromatic heterocycles. The van der Waals surface area contributed by atoms with Gasteiger partial charge in [-0.05, 0) is 38.8 Å². The SMILES string of the molecule is FC(F)(F)CN1CCN(CCCC2CCCN2)CC1. The summed E-state index contributed by atoms with van der Waals surface area (Å²) in [6.07, 6.45) is 0.843. The first-order valence-electron chi connectivity index (χ1n) is 7.28. The van der Waals surface area contributed by atoms with E-state index in [2.05, 4.69) is 10.2 Å². The third kappa shape index (κ3) is 5.67. The van der Waals surface area contributed by atoms with E-state index in [0.717, 1.165) is 32.6 Å². The number of piperazine rings is 1. The van der Waals surface area contributed by atoms with Crippen LogP contribution in [0.25, 0.3) is 0 Å². The molecule has 0 saturated carbocycles. The molecule has 2 rings (SSSR count). The van der Waals surface area contributed by atoms with Crippen molar-refractivity contribution in [1.29, 1.82) is 0 Å². The van der Waals surface area contributed by atoms with E-state index in [-0.39, 0.29) is 0 Å². The van der Waals surface area contributed by atoms with Crippen molar-refractivity contribution in [3.05, 3.63) is 0 Å². The highest BCUT2D eigenvalue weighted by atomic mass is 19.4. The van der Waals surface area contributed by atoms with Crippen LogP contribution in [0.3, 0.4) is 0 Å². The van der Waals surface area contributed by atoms with E-state index in [0.29, 0.717) is 19.1 Å². The number of hydrogen-bond acceptors (Lipinski definition) is 3. The molecular formula is C13H24F3N3. The summed E-state index contributed by atoms with van der Waals surface area (Å²) in [4.78, 5) is 3.80. The van der Waals surface area contributed by atoms with Crippen molar-refractivity contribution in [3.63, 3.8) is 0 Å². The highest BCUT2D eigenvalue weighted by Crippen LogP contribution is 2.18. The summed E-state index contributed by atoms with van der Waals surface area (Å²) in [5.74, 6) is 0. The third-order valence-corrected chi connectivity index (χ3v) is 4.06. The van der Waals surface area contributed by atoms with Gasteiger partial charge in [0.2, 0.25) is 0 Å². The van der Waals surface area contributed by atoms with E-state index in [4.69, 9.17) is 0 Å². The minimum Gasteiger partial charge on any atom is -0.314 e. The summed E-state index contributed by atoms with van der Waals surface area (Å²) >= 11 is 0. The predicted molar refractivity (Wildman–Crippen MR) is 69.2 cm³/mol. The van der Waals surface area contributed by atoms with Crippen LogP contribution in [0.15, 0.2) is 0 Å². The molecule has 2 saturated heterocycles. The van der Waals surface area contributed by atoms with Crippen molar-refractivity contribution in [2.24, 2.45) is 0 Å². The van der Waals surface area contributed by atoms with Crippen molar-refractivity contribution in [2.75, 3.05) is 45.8 Å². The molecule has 2 fully saturated rings. The summed E-state index contributed by atoms with van der Waals surface area (Å²) in [5, 5.41) is 3.48. The predicted octanol–water partition coefficient (Wildman–Crippen LogP) is 1.70. The molecule has 0 aliphatic carbocycles. The second-order valence-electron chi connectivity index (χ2n) is 5.67. The van der Waals surface area contributed by atoms with Gasteiger partial charge < -0.3 is 10.2 Å². The fourth-order valence-electron chi connectivity index (χ4n) is 2.99. The van der Waals surface area contributed by atoms with Gasteiger partial charge in [0.15, 0.2) is 0 Å². The fraction of sp³-hybridized carbons (Fsp3) is 1.00. The van der Waals surface area contributed by atoms with Gasteiger partial charge in [-0.15, -0.1) is 0 Å². The van der Waals surface area contributed by atoms with Gasteiger partial charge in [0.05, 0.1) is 6.54 Å². The van der Waals surface area contributed by atoms with Crippen molar-refractivity contribution in [2.45, 2.75) is 37.9 Å².